The Morgan fingerprint density at radius 2 is 1.84 bits per heavy atom. The molecule has 0 fully saturated rings. The fraction of sp³-hybridized carbons (Fsp3) is 0.357. The van der Waals surface area contributed by atoms with E-state index in [4.69, 9.17) is 0 Å². The monoisotopic (exact) mass is 260 g/mol. The van der Waals surface area contributed by atoms with E-state index in [-0.39, 0.29) is 18.9 Å². The smallest absolute Gasteiger partial charge is 0.299 e. The van der Waals surface area contributed by atoms with Crippen LogP contribution >= 0.6 is 0 Å². The number of rotatable bonds is 3. The lowest BCUT2D eigenvalue weighted by Gasteiger charge is -2.18. The van der Waals surface area contributed by atoms with Crippen LogP contribution in [0, 0.1) is 13.8 Å². The molecule has 1 N–H and O–H groups in total. The molecule has 2 rings (SSSR count). The van der Waals surface area contributed by atoms with E-state index in [0.29, 0.717) is 11.3 Å². The molecule has 2 amide bonds. The van der Waals surface area contributed by atoms with E-state index in [9.17, 15) is 14.4 Å². The van der Waals surface area contributed by atoms with Crippen LogP contribution in [0.3, 0.4) is 0 Å². The van der Waals surface area contributed by atoms with Gasteiger partial charge in [-0.15, -0.1) is 0 Å². The van der Waals surface area contributed by atoms with Crippen molar-refractivity contribution in [1.29, 1.82) is 0 Å². The third kappa shape index (κ3) is 2.12. The number of benzene rings is 1. The first-order valence-electron chi connectivity index (χ1n) is 6.14. The van der Waals surface area contributed by atoms with Crippen LogP contribution in [0.1, 0.15) is 27.9 Å². The molecule has 1 aromatic rings. The Labute approximate surface area is 111 Å². The Bertz CT molecular complexity index is 578. The van der Waals surface area contributed by atoms with Gasteiger partial charge in [0.1, 0.15) is 0 Å². The Kier molecular flexibility index (Phi) is 3.38. The molecule has 0 bridgehead atoms. The Morgan fingerprint density at radius 3 is 2.47 bits per heavy atom. The molecule has 0 saturated heterocycles. The highest BCUT2D eigenvalue weighted by molar-refractivity contribution is 6.52. The van der Waals surface area contributed by atoms with Gasteiger partial charge in [-0.05, 0) is 25.0 Å². The molecule has 5 nitrogen and oxygen atoms in total. The number of Topliss-reactive ketones (excluding diaryl/α,β-unsaturated/α-hetero) is 1. The first-order valence-corrected chi connectivity index (χ1v) is 6.14. The Balaban J connectivity index is 2.39. The minimum atomic E-state index is -0.545. The summed E-state index contributed by atoms with van der Waals surface area (Å²) in [6.07, 6.45) is 0.183. The second-order valence-corrected chi connectivity index (χ2v) is 4.63. The molecule has 19 heavy (non-hydrogen) atoms. The molecule has 1 heterocycles. The zero-order chi connectivity index (χ0) is 14.2. The summed E-state index contributed by atoms with van der Waals surface area (Å²) in [5.74, 6) is -1.18. The number of fused-ring (bicyclic) bond motifs is 1. The highest BCUT2D eigenvalue weighted by Gasteiger charge is 2.37. The van der Waals surface area contributed by atoms with Crippen LogP contribution in [0.4, 0.5) is 5.69 Å². The van der Waals surface area contributed by atoms with Crippen molar-refractivity contribution in [3.8, 4) is 0 Å². The lowest BCUT2D eigenvalue weighted by Crippen LogP contribution is -2.33. The van der Waals surface area contributed by atoms with Gasteiger partial charge in [-0.1, -0.05) is 12.1 Å². The van der Waals surface area contributed by atoms with Gasteiger partial charge in [-0.2, -0.15) is 0 Å². The summed E-state index contributed by atoms with van der Waals surface area (Å²) in [5.41, 5.74) is 2.79. The average molecular weight is 260 g/mol. The van der Waals surface area contributed by atoms with E-state index in [2.05, 4.69) is 5.32 Å². The van der Waals surface area contributed by atoms with E-state index >= 15 is 0 Å². The molecular formula is C14H16N2O3. The zero-order valence-electron chi connectivity index (χ0n) is 11.2. The number of nitrogens with zero attached hydrogens (tertiary/aromatic N) is 1. The topological polar surface area (TPSA) is 66.5 Å². The largest absolute Gasteiger partial charge is 0.359 e. The second-order valence-electron chi connectivity index (χ2n) is 4.63. The predicted molar refractivity (Wildman–Crippen MR) is 71.3 cm³/mol. The van der Waals surface area contributed by atoms with E-state index in [1.165, 1.54) is 4.90 Å². The van der Waals surface area contributed by atoms with Crippen LogP contribution in [0.15, 0.2) is 12.1 Å². The van der Waals surface area contributed by atoms with Gasteiger partial charge < -0.3 is 10.2 Å². The molecule has 0 atom stereocenters. The quantitative estimate of drug-likeness (QED) is 0.823. The first kappa shape index (κ1) is 13.3. The van der Waals surface area contributed by atoms with Crippen molar-refractivity contribution in [2.75, 3.05) is 18.5 Å². The fourth-order valence-electron chi connectivity index (χ4n) is 2.31. The van der Waals surface area contributed by atoms with Crippen LogP contribution in [0.5, 0.6) is 0 Å². The molecular weight excluding hydrogens is 244 g/mol. The van der Waals surface area contributed by atoms with Crippen molar-refractivity contribution in [3.63, 3.8) is 0 Å². The van der Waals surface area contributed by atoms with Gasteiger partial charge in [-0.3, -0.25) is 14.4 Å². The van der Waals surface area contributed by atoms with Gasteiger partial charge in [0, 0.05) is 20.0 Å². The van der Waals surface area contributed by atoms with Crippen molar-refractivity contribution < 1.29 is 14.4 Å². The van der Waals surface area contributed by atoms with E-state index in [1.54, 1.807) is 7.05 Å². The summed E-state index contributed by atoms with van der Waals surface area (Å²) < 4.78 is 0. The Hall–Kier alpha value is -2.17. The zero-order valence-corrected chi connectivity index (χ0v) is 11.2. The SMILES string of the molecule is CNC(=O)CCN1C(=O)C(=O)c2c(C)ccc(C)c21. The molecule has 1 aromatic carbocycles. The summed E-state index contributed by atoms with van der Waals surface area (Å²) in [6, 6.07) is 3.72. The van der Waals surface area contributed by atoms with Crippen molar-refractivity contribution in [1.82, 2.24) is 5.32 Å². The summed E-state index contributed by atoms with van der Waals surface area (Å²) in [4.78, 5) is 36.7. The fourth-order valence-corrected chi connectivity index (χ4v) is 2.31. The van der Waals surface area contributed by atoms with Crippen molar-refractivity contribution in [3.05, 3.63) is 28.8 Å². The maximum Gasteiger partial charge on any atom is 0.299 e. The maximum absolute atomic E-state index is 12.0. The normalized spacial score (nSPS) is 13.7. The molecule has 0 saturated carbocycles. The lowest BCUT2D eigenvalue weighted by molar-refractivity contribution is -0.120. The summed E-state index contributed by atoms with van der Waals surface area (Å²) >= 11 is 0. The molecule has 0 unspecified atom stereocenters. The number of hydrogen-bond acceptors (Lipinski definition) is 3. The van der Waals surface area contributed by atoms with Gasteiger partial charge in [0.2, 0.25) is 5.91 Å². The number of ketones is 1. The number of hydrogen-bond donors (Lipinski definition) is 1. The van der Waals surface area contributed by atoms with E-state index in [1.807, 2.05) is 26.0 Å². The first-order chi connectivity index (χ1) is 8.97. The molecule has 100 valence electrons. The summed E-state index contributed by atoms with van der Waals surface area (Å²) in [6.45, 7) is 3.89. The van der Waals surface area contributed by atoms with E-state index in [0.717, 1.165) is 11.1 Å². The average Bonchev–Trinajstić information content (AvgIpc) is 2.65. The highest BCUT2D eigenvalue weighted by Crippen LogP contribution is 2.34. The highest BCUT2D eigenvalue weighted by atomic mass is 16.2. The number of carbonyl (C=O) groups is 3. The van der Waals surface area contributed by atoms with Gasteiger partial charge in [0.25, 0.3) is 11.7 Å². The van der Waals surface area contributed by atoms with Gasteiger partial charge in [0.15, 0.2) is 0 Å². The van der Waals surface area contributed by atoms with Crippen LogP contribution in [0.25, 0.3) is 0 Å². The minimum Gasteiger partial charge on any atom is -0.359 e. The number of amides is 2. The van der Waals surface area contributed by atoms with Crippen LogP contribution in [-0.2, 0) is 9.59 Å². The van der Waals surface area contributed by atoms with Gasteiger partial charge in [0.05, 0.1) is 11.3 Å². The molecule has 0 aromatic heterocycles. The van der Waals surface area contributed by atoms with Crippen molar-refractivity contribution >= 4 is 23.3 Å². The van der Waals surface area contributed by atoms with Gasteiger partial charge in [-0.25, -0.2) is 0 Å². The number of aryl methyl sites for hydroxylation is 2. The van der Waals surface area contributed by atoms with Crippen LogP contribution < -0.4 is 10.2 Å². The van der Waals surface area contributed by atoms with E-state index < -0.39 is 11.7 Å². The van der Waals surface area contributed by atoms with Crippen molar-refractivity contribution in [2.45, 2.75) is 20.3 Å². The maximum atomic E-state index is 12.0. The summed E-state index contributed by atoms with van der Waals surface area (Å²) in [5, 5.41) is 2.50. The van der Waals surface area contributed by atoms with Crippen molar-refractivity contribution in [2.24, 2.45) is 0 Å². The summed E-state index contributed by atoms with van der Waals surface area (Å²) in [7, 11) is 1.54. The minimum absolute atomic E-state index is 0.154. The number of nitrogens with one attached hydrogen (secondary N) is 1. The molecule has 5 heteroatoms. The van der Waals surface area contributed by atoms with Gasteiger partial charge >= 0.3 is 0 Å². The molecule has 0 aliphatic carbocycles. The predicted octanol–water partition coefficient (Wildman–Crippen LogP) is 0.969. The molecule has 1 aliphatic rings. The number of anilines is 1. The third-order valence-corrected chi connectivity index (χ3v) is 3.37. The molecule has 0 spiro atoms. The van der Waals surface area contributed by atoms with Crippen LogP contribution in [-0.4, -0.2) is 31.2 Å². The standard InChI is InChI=1S/C14H16N2O3/c1-8-4-5-9(2)12-11(8)13(18)14(19)16(12)7-6-10(17)15-3/h4-5H,6-7H2,1-3H3,(H,15,17). The number of carbonyl (C=O) groups excluding carboxylic acids is 3. The molecule has 1 aliphatic heterocycles. The second kappa shape index (κ2) is 4.84. The Morgan fingerprint density at radius 1 is 1.21 bits per heavy atom. The molecule has 0 radical (unpaired) electrons. The van der Waals surface area contributed by atoms with Crippen LogP contribution in [0.2, 0.25) is 0 Å². The lowest BCUT2D eigenvalue weighted by atomic mass is 10.0. The third-order valence-electron chi connectivity index (χ3n) is 3.37.